The van der Waals surface area contributed by atoms with Crippen LogP contribution in [0.5, 0.6) is 0 Å². The first-order valence-electron chi connectivity index (χ1n) is 7.76. The lowest BCUT2D eigenvalue weighted by molar-refractivity contribution is 0.590. The van der Waals surface area contributed by atoms with E-state index in [0.29, 0.717) is 0 Å². The summed E-state index contributed by atoms with van der Waals surface area (Å²) in [7, 11) is 0. The molecule has 2 rings (SSSR count). The Kier molecular flexibility index (Phi) is 5.13. The van der Waals surface area contributed by atoms with Crippen molar-refractivity contribution < 1.29 is 0 Å². The van der Waals surface area contributed by atoms with Crippen molar-refractivity contribution in [3.05, 3.63) is 53.9 Å². The number of hydrogen-bond donors (Lipinski definition) is 1. The van der Waals surface area contributed by atoms with Crippen molar-refractivity contribution in [1.29, 1.82) is 0 Å². The molecule has 0 aliphatic rings. The second-order valence-corrected chi connectivity index (χ2v) is 6.59. The van der Waals surface area contributed by atoms with Crippen LogP contribution in [-0.2, 0) is 12.0 Å². The molecular weight excluding hydrogens is 256 g/mol. The summed E-state index contributed by atoms with van der Waals surface area (Å²) in [5.74, 6) is 0. The van der Waals surface area contributed by atoms with Gasteiger partial charge in [-0.3, -0.25) is 4.98 Å². The number of aromatic nitrogens is 1. The van der Waals surface area contributed by atoms with Crippen LogP contribution in [0, 0.1) is 0 Å². The lowest BCUT2D eigenvalue weighted by Crippen LogP contribution is -2.13. The van der Waals surface area contributed by atoms with Gasteiger partial charge in [-0.15, -0.1) is 0 Å². The number of nitrogens with zero attached hydrogens (tertiary/aromatic N) is 1. The van der Waals surface area contributed by atoms with Gasteiger partial charge < -0.3 is 5.32 Å². The second kappa shape index (κ2) is 6.86. The summed E-state index contributed by atoms with van der Waals surface area (Å²) in [5.41, 5.74) is 5.21. The number of nitrogens with one attached hydrogen (secondary N) is 1. The zero-order valence-electron chi connectivity index (χ0n) is 13.6. The number of pyridine rings is 1. The Labute approximate surface area is 128 Å². The molecule has 0 amide bonds. The zero-order chi connectivity index (χ0) is 15.3. The molecule has 21 heavy (non-hydrogen) atoms. The first-order valence-corrected chi connectivity index (χ1v) is 7.76. The maximum atomic E-state index is 4.37. The number of benzene rings is 1. The lowest BCUT2D eigenvalue weighted by atomic mass is 9.86. The molecule has 2 nitrogen and oxygen atoms in total. The molecule has 2 aromatic rings. The van der Waals surface area contributed by atoms with E-state index in [0.717, 1.165) is 19.5 Å². The molecule has 0 atom stereocenters. The molecule has 0 fully saturated rings. The van der Waals surface area contributed by atoms with E-state index in [1.807, 2.05) is 12.4 Å². The van der Waals surface area contributed by atoms with Gasteiger partial charge in [0.25, 0.3) is 0 Å². The van der Waals surface area contributed by atoms with E-state index in [1.165, 1.54) is 22.3 Å². The van der Waals surface area contributed by atoms with E-state index in [4.69, 9.17) is 0 Å². The van der Waals surface area contributed by atoms with Crippen molar-refractivity contribution in [1.82, 2.24) is 10.3 Å². The highest BCUT2D eigenvalue weighted by atomic mass is 14.8. The summed E-state index contributed by atoms with van der Waals surface area (Å²) in [6, 6.07) is 11.1. The van der Waals surface area contributed by atoms with Crippen LogP contribution >= 0.6 is 0 Å². The fourth-order valence-corrected chi connectivity index (χ4v) is 2.31. The maximum absolute atomic E-state index is 4.37. The molecule has 0 aliphatic heterocycles. The zero-order valence-corrected chi connectivity index (χ0v) is 13.6. The summed E-state index contributed by atoms with van der Waals surface area (Å²) in [4.78, 5) is 4.37. The summed E-state index contributed by atoms with van der Waals surface area (Å²) in [5, 5.41) is 3.42. The van der Waals surface area contributed by atoms with Crippen molar-refractivity contribution >= 4 is 0 Å². The first-order chi connectivity index (χ1) is 10.0. The Morgan fingerprint density at radius 1 is 1.00 bits per heavy atom. The monoisotopic (exact) mass is 282 g/mol. The summed E-state index contributed by atoms with van der Waals surface area (Å²) >= 11 is 0. The lowest BCUT2D eigenvalue weighted by Gasteiger charge is -2.19. The Bertz CT molecular complexity index is 565. The average molecular weight is 282 g/mol. The average Bonchev–Trinajstić information content (AvgIpc) is 2.47. The van der Waals surface area contributed by atoms with Crippen LogP contribution < -0.4 is 5.32 Å². The molecule has 0 radical (unpaired) electrons. The van der Waals surface area contributed by atoms with Crippen LogP contribution in [0.15, 0.2) is 42.7 Å². The Morgan fingerprint density at radius 3 is 2.33 bits per heavy atom. The third kappa shape index (κ3) is 4.40. The quantitative estimate of drug-likeness (QED) is 0.814. The number of hydrogen-bond acceptors (Lipinski definition) is 2. The third-order valence-corrected chi connectivity index (χ3v) is 3.64. The first kappa shape index (κ1) is 15.7. The topological polar surface area (TPSA) is 24.9 Å². The molecule has 0 bridgehead atoms. The molecule has 112 valence electrons. The smallest absolute Gasteiger partial charge is 0.0346 e. The van der Waals surface area contributed by atoms with Gasteiger partial charge in [0.1, 0.15) is 0 Å². The van der Waals surface area contributed by atoms with E-state index in [2.05, 4.69) is 68.3 Å². The normalized spacial score (nSPS) is 11.6. The van der Waals surface area contributed by atoms with E-state index < -0.39 is 0 Å². The van der Waals surface area contributed by atoms with Crippen molar-refractivity contribution in [2.24, 2.45) is 0 Å². The molecule has 1 aromatic carbocycles. The van der Waals surface area contributed by atoms with Gasteiger partial charge in [-0.25, -0.2) is 0 Å². The molecule has 2 heteroatoms. The molecule has 1 heterocycles. The van der Waals surface area contributed by atoms with Crippen LogP contribution in [0.4, 0.5) is 0 Å². The minimum atomic E-state index is 0.197. The van der Waals surface area contributed by atoms with E-state index in [-0.39, 0.29) is 5.41 Å². The highest BCUT2D eigenvalue weighted by molar-refractivity contribution is 5.63. The van der Waals surface area contributed by atoms with Gasteiger partial charge in [-0.2, -0.15) is 0 Å². The van der Waals surface area contributed by atoms with Crippen LogP contribution in [0.3, 0.4) is 0 Å². The van der Waals surface area contributed by atoms with Gasteiger partial charge in [0.15, 0.2) is 0 Å². The minimum Gasteiger partial charge on any atom is -0.313 e. The highest BCUT2D eigenvalue weighted by Crippen LogP contribution is 2.26. The van der Waals surface area contributed by atoms with Crippen molar-refractivity contribution in [3.63, 3.8) is 0 Å². The summed E-state index contributed by atoms with van der Waals surface area (Å²) in [6.07, 6.45) is 5.03. The van der Waals surface area contributed by atoms with Gasteiger partial charge in [-0.05, 0) is 41.1 Å². The fraction of sp³-hybridized carbons (Fsp3) is 0.421. The molecule has 0 aliphatic carbocycles. The standard InChI is InChI=1S/C19H26N2/c1-5-10-20-12-15-11-17(14-21-13-15)16-6-8-18(9-7-16)19(2,3)4/h6-9,11,13-14,20H,5,10,12H2,1-4H3. The fourth-order valence-electron chi connectivity index (χ4n) is 2.31. The third-order valence-electron chi connectivity index (χ3n) is 3.64. The van der Waals surface area contributed by atoms with Gasteiger partial charge in [-0.1, -0.05) is 52.0 Å². The van der Waals surface area contributed by atoms with E-state index >= 15 is 0 Å². The number of rotatable bonds is 5. The summed E-state index contributed by atoms with van der Waals surface area (Å²) < 4.78 is 0. The molecule has 0 saturated heterocycles. The highest BCUT2D eigenvalue weighted by Gasteiger charge is 2.13. The molecule has 0 unspecified atom stereocenters. The van der Waals surface area contributed by atoms with Crippen molar-refractivity contribution in [2.45, 2.75) is 46.1 Å². The second-order valence-electron chi connectivity index (χ2n) is 6.59. The summed E-state index contributed by atoms with van der Waals surface area (Å²) in [6.45, 7) is 10.8. The van der Waals surface area contributed by atoms with Gasteiger partial charge in [0.2, 0.25) is 0 Å². The molecule has 0 saturated carbocycles. The SMILES string of the molecule is CCCNCc1cncc(-c2ccc(C(C)(C)C)cc2)c1. The molecule has 0 spiro atoms. The van der Waals surface area contributed by atoms with Gasteiger partial charge in [0.05, 0.1) is 0 Å². The van der Waals surface area contributed by atoms with E-state index in [1.54, 1.807) is 0 Å². The Balaban J connectivity index is 2.16. The van der Waals surface area contributed by atoms with Crippen molar-refractivity contribution in [2.75, 3.05) is 6.54 Å². The van der Waals surface area contributed by atoms with Crippen LogP contribution in [0.25, 0.3) is 11.1 Å². The molecular formula is C19H26N2. The van der Waals surface area contributed by atoms with E-state index in [9.17, 15) is 0 Å². The van der Waals surface area contributed by atoms with Crippen LogP contribution in [0.1, 0.15) is 45.2 Å². The van der Waals surface area contributed by atoms with Crippen LogP contribution in [0.2, 0.25) is 0 Å². The Morgan fingerprint density at radius 2 is 1.71 bits per heavy atom. The minimum absolute atomic E-state index is 0.197. The van der Waals surface area contributed by atoms with Crippen LogP contribution in [-0.4, -0.2) is 11.5 Å². The largest absolute Gasteiger partial charge is 0.313 e. The van der Waals surface area contributed by atoms with Crippen molar-refractivity contribution in [3.8, 4) is 11.1 Å². The van der Waals surface area contributed by atoms with Gasteiger partial charge >= 0.3 is 0 Å². The van der Waals surface area contributed by atoms with Gasteiger partial charge in [0, 0.05) is 24.5 Å². The molecule has 1 aromatic heterocycles. The predicted molar refractivity (Wildman–Crippen MR) is 90.4 cm³/mol. The maximum Gasteiger partial charge on any atom is 0.0346 e. The molecule has 1 N–H and O–H groups in total. The predicted octanol–water partition coefficient (Wildman–Crippen LogP) is 4.55. The Hall–Kier alpha value is -1.67.